The summed E-state index contributed by atoms with van der Waals surface area (Å²) in [5, 5.41) is 3.53. The molecule has 0 aliphatic carbocycles. The number of fused-ring (bicyclic) bond motifs is 1. The summed E-state index contributed by atoms with van der Waals surface area (Å²) in [6, 6.07) is 4.79. The summed E-state index contributed by atoms with van der Waals surface area (Å²) in [4.78, 5) is 0. The number of nitrogens with one attached hydrogen (secondary N) is 1. The van der Waals surface area contributed by atoms with E-state index in [4.69, 9.17) is 9.47 Å². The first-order valence-electron chi connectivity index (χ1n) is 6.08. The fourth-order valence-corrected chi connectivity index (χ4v) is 2.98. The molecule has 1 aromatic rings. The molecule has 1 saturated heterocycles. The van der Waals surface area contributed by atoms with Gasteiger partial charge < -0.3 is 14.8 Å². The molecule has 92 valence electrons. The van der Waals surface area contributed by atoms with E-state index in [0.717, 1.165) is 49.4 Å². The van der Waals surface area contributed by atoms with Crippen LogP contribution in [0.1, 0.15) is 17.5 Å². The smallest absolute Gasteiger partial charge is 0.127 e. The maximum atomic E-state index is 5.71. The number of rotatable bonds is 3. The van der Waals surface area contributed by atoms with Gasteiger partial charge in [-0.15, -0.1) is 0 Å². The van der Waals surface area contributed by atoms with Gasteiger partial charge in [-0.2, -0.15) is 0 Å². The second-order valence-corrected chi connectivity index (χ2v) is 5.51. The van der Waals surface area contributed by atoms with Gasteiger partial charge in [0.2, 0.25) is 0 Å². The van der Waals surface area contributed by atoms with Crippen molar-refractivity contribution in [2.45, 2.75) is 25.4 Å². The Kier molecular flexibility index (Phi) is 3.36. The van der Waals surface area contributed by atoms with Crippen molar-refractivity contribution in [3.05, 3.63) is 27.7 Å². The molecule has 0 spiro atoms. The summed E-state index contributed by atoms with van der Waals surface area (Å²) in [6.07, 6.45) is 2.13. The minimum Gasteiger partial charge on any atom is -0.493 e. The van der Waals surface area contributed by atoms with Gasteiger partial charge in [-0.25, -0.2) is 0 Å². The average molecular weight is 298 g/mol. The molecule has 0 aromatic heterocycles. The van der Waals surface area contributed by atoms with Gasteiger partial charge in [0.25, 0.3) is 0 Å². The van der Waals surface area contributed by atoms with Gasteiger partial charge in [0, 0.05) is 35.7 Å². The van der Waals surface area contributed by atoms with Crippen LogP contribution >= 0.6 is 15.9 Å². The van der Waals surface area contributed by atoms with Gasteiger partial charge in [-0.3, -0.25) is 0 Å². The Morgan fingerprint density at radius 2 is 2.29 bits per heavy atom. The van der Waals surface area contributed by atoms with E-state index in [1.165, 1.54) is 11.1 Å². The SMILES string of the molecule is Brc1cc2c(c(CNC3CCOC3)c1)OCC2. The van der Waals surface area contributed by atoms with Crippen LogP contribution in [0.15, 0.2) is 16.6 Å². The quantitative estimate of drug-likeness (QED) is 0.928. The third-order valence-electron chi connectivity index (χ3n) is 3.34. The third kappa shape index (κ3) is 2.49. The maximum Gasteiger partial charge on any atom is 0.127 e. The fraction of sp³-hybridized carbons (Fsp3) is 0.538. The second kappa shape index (κ2) is 4.96. The van der Waals surface area contributed by atoms with Crippen LogP contribution in [0.3, 0.4) is 0 Å². The van der Waals surface area contributed by atoms with Crippen LogP contribution in [0, 0.1) is 0 Å². The van der Waals surface area contributed by atoms with Crippen molar-refractivity contribution in [3.8, 4) is 5.75 Å². The zero-order chi connectivity index (χ0) is 11.7. The van der Waals surface area contributed by atoms with E-state index < -0.39 is 0 Å². The van der Waals surface area contributed by atoms with Crippen LogP contribution < -0.4 is 10.1 Å². The minimum absolute atomic E-state index is 0.492. The standard InChI is InChI=1S/C13H16BrNO2/c14-11-5-9-1-4-17-13(9)10(6-11)7-15-12-2-3-16-8-12/h5-6,12,15H,1-4,7-8H2. The summed E-state index contributed by atoms with van der Waals surface area (Å²) in [5.41, 5.74) is 2.57. The molecule has 0 bridgehead atoms. The number of hydrogen-bond acceptors (Lipinski definition) is 3. The molecule has 2 aliphatic heterocycles. The molecule has 0 radical (unpaired) electrons. The molecular weight excluding hydrogens is 282 g/mol. The molecule has 3 rings (SSSR count). The highest BCUT2D eigenvalue weighted by atomic mass is 79.9. The highest BCUT2D eigenvalue weighted by Gasteiger charge is 2.19. The topological polar surface area (TPSA) is 30.5 Å². The molecule has 0 saturated carbocycles. The Morgan fingerprint density at radius 3 is 3.12 bits per heavy atom. The Bertz CT molecular complexity index is 416. The summed E-state index contributed by atoms with van der Waals surface area (Å²) in [7, 11) is 0. The molecule has 1 atom stereocenters. The number of ether oxygens (including phenoxy) is 2. The zero-order valence-corrected chi connectivity index (χ0v) is 11.3. The van der Waals surface area contributed by atoms with Gasteiger partial charge in [0.1, 0.15) is 5.75 Å². The largest absolute Gasteiger partial charge is 0.493 e. The summed E-state index contributed by atoms with van der Waals surface area (Å²) < 4.78 is 12.2. The van der Waals surface area contributed by atoms with E-state index in [9.17, 15) is 0 Å². The van der Waals surface area contributed by atoms with Crippen molar-refractivity contribution in [1.29, 1.82) is 0 Å². The van der Waals surface area contributed by atoms with E-state index in [0.29, 0.717) is 6.04 Å². The first-order chi connectivity index (χ1) is 8.33. The van der Waals surface area contributed by atoms with Crippen LogP contribution in [0.5, 0.6) is 5.75 Å². The Balaban J connectivity index is 1.73. The van der Waals surface area contributed by atoms with Crippen molar-refractivity contribution in [2.24, 2.45) is 0 Å². The number of hydrogen-bond donors (Lipinski definition) is 1. The molecule has 1 N–H and O–H groups in total. The van der Waals surface area contributed by atoms with Gasteiger partial charge in [-0.1, -0.05) is 15.9 Å². The summed E-state index contributed by atoms with van der Waals surface area (Å²) in [6.45, 7) is 3.38. The van der Waals surface area contributed by atoms with Crippen molar-refractivity contribution < 1.29 is 9.47 Å². The predicted molar refractivity (Wildman–Crippen MR) is 69.4 cm³/mol. The van der Waals surface area contributed by atoms with Gasteiger partial charge in [0.15, 0.2) is 0 Å². The fourth-order valence-electron chi connectivity index (χ4n) is 2.43. The highest BCUT2D eigenvalue weighted by molar-refractivity contribution is 9.10. The lowest BCUT2D eigenvalue weighted by atomic mass is 10.1. The molecule has 1 aromatic carbocycles. The molecule has 2 aliphatic rings. The molecule has 1 fully saturated rings. The van der Waals surface area contributed by atoms with Crippen LogP contribution in [-0.4, -0.2) is 25.9 Å². The van der Waals surface area contributed by atoms with E-state index in [-0.39, 0.29) is 0 Å². The highest BCUT2D eigenvalue weighted by Crippen LogP contribution is 2.33. The molecule has 2 heterocycles. The Hall–Kier alpha value is -0.580. The molecule has 1 unspecified atom stereocenters. The van der Waals surface area contributed by atoms with Crippen molar-refractivity contribution in [3.63, 3.8) is 0 Å². The van der Waals surface area contributed by atoms with Gasteiger partial charge in [0.05, 0.1) is 13.2 Å². The molecule has 17 heavy (non-hydrogen) atoms. The molecule has 3 nitrogen and oxygen atoms in total. The lowest BCUT2D eigenvalue weighted by molar-refractivity contribution is 0.189. The lowest BCUT2D eigenvalue weighted by Crippen LogP contribution is -2.28. The normalized spacial score (nSPS) is 22.5. The number of benzene rings is 1. The minimum atomic E-state index is 0.492. The maximum absolute atomic E-state index is 5.71. The average Bonchev–Trinajstić information content (AvgIpc) is 2.95. The Labute approximate surface area is 110 Å². The zero-order valence-electron chi connectivity index (χ0n) is 9.67. The van der Waals surface area contributed by atoms with Crippen LogP contribution in [0.2, 0.25) is 0 Å². The van der Waals surface area contributed by atoms with E-state index in [1.807, 2.05) is 0 Å². The summed E-state index contributed by atoms with van der Waals surface area (Å²) in [5.74, 6) is 1.08. The van der Waals surface area contributed by atoms with Crippen molar-refractivity contribution >= 4 is 15.9 Å². The van der Waals surface area contributed by atoms with Gasteiger partial charge >= 0.3 is 0 Å². The molecule has 4 heteroatoms. The number of halogens is 1. The summed E-state index contributed by atoms with van der Waals surface area (Å²) >= 11 is 3.56. The predicted octanol–water partition coefficient (Wildman–Crippen LogP) is 2.26. The van der Waals surface area contributed by atoms with Crippen molar-refractivity contribution in [2.75, 3.05) is 19.8 Å². The molecule has 0 amide bonds. The van der Waals surface area contributed by atoms with Crippen LogP contribution in [-0.2, 0) is 17.7 Å². The van der Waals surface area contributed by atoms with Gasteiger partial charge in [-0.05, 0) is 24.1 Å². The van der Waals surface area contributed by atoms with E-state index >= 15 is 0 Å². The first-order valence-corrected chi connectivity index (χ1v) is 6.87. The second-order valence-electron chi connectivity index (χ2n) is 4.59. The first kappa shape index (κ1) is 11.5. The van der Waals surface area contributed by atoms with E-state index in [2.05, 4.69) is 33.4 Å². The van der Waals surface area contributed by atoms with Crippen LogP contribution in [0.4, 0.5) is 0 Å². The molecular formula is C13H16BrNO2. The monoisotopic (exact) mass is 297 g/mol. The van der Waals surface area contributed by atoms with E-state index in [1.54, 1.807) is 0 Å². The Morgan fingerprint density at radius 1 is 1.35 bits per heavy atom. The van der Waals surface area contributed by atoms with Crippen molar-refractivity contribution in [1.82, 2.24) is 5.32 Å². The third-order valence-corrected chi connectivity index (χ3v) is 3.79. The van der Waals surface area contributed by atoms with Crippen LogP contribution in [0.25, 0.3) is 0 Å². The lowest BCUT2D eigenvalue weighted by Gasteiger charge is -2.13.